The van der Waals surface area contributed by atoms with Crippen LogP contribution in [0, 0.1) is 0 Å². The summed E-state index contributed by atoms with van der Waals surface area (Å²) in [6.45, 7) is 0.753. The highest BCUT2D eigenvalue weighted by molar-refractivity contribution is 6.02. The number of likely N-dealkylation sites (N-methyl/N-ethyl adjacent to an activating group) is 1. The molecule has 8 nitrogen and oxygen atoms in total. The Morgan fingerprint density at radius 3 is 2.43 bits per heavy atom. The second-order valence-corrected chi connectivity index (χ2v) is 7.01. The molecular weight excluding hydrogens is 388 g/mol. The summed E-state index contributed by atoms with van der Waals surface area (Å²) in [5, 5.41) is 10.7. The van der Waals surface area contributed by atoms with Crippen molar-refractivity contribution in [2.24, 2.45) is 0 Å². The fourth-order valence-electron chi connectivity index (χ4n) is 3.75. The van der Waals surface area contributed by atoms with Crippen LogP contribution in [-0.2, 0) is 16.1 Å². The molecule has 0 bridgehead atoms. The minimum absolute atomic E-state index is 0.0584. The molecule has 0 saturated heterocycles. The van der Waals surface area contributed by atoms with E-state index < -0.39 is 12.1 Å². The number of β-amino-alcohol motifs (C(OH)–C–C–N with tert-alkyl or cyclic N) is 1. The van der Waals surface area contributed by atoms with Crippen molar-refractivity contribution in [1.29, 1.82) is 0 Å². The van der Waals surface area contributed by atoms with Gasteiger partial charge < -0.3 is 24.2 Å². The molecule has 1 N–H and O–H groups in total. The zero-order chi connectivity index (χ0) is 21.8. The van der Waals surface area contributed by atoms with Gasteiger partial charge in [-0.05, 0) is 24.3 Å². The first kappa shape index (κ1) is 21.6. The Morgan fingerprint density at radius 2 is 1.77 bits per heavy atom. The van der Waals surface area contributed by atoms with Gasteiger partial charge in [-0.25, -0.2) is 4.79 Å². The zero-order valence-electron chi connectivity index (χ0n) is 17.5. The molecule has 0 radical (unpaired) electrons. The van der Waals surface area contributed by atoms with Gasteiger partial charge in [0.25, 0.3) is 0 Å². The molecule has 160 valence electrons. The van der Waals surface area contributed by atoms with Crippen molar-refractivity contribution < 1.29 is 28.9 Å². The van der Waals surface area contributed by atoms with Crippen molar-refractivity contribution in [2.75, 3.05) is 46.4 Å². The Bertz CT molecular complexity index is 945. The van der Waals surface area contributed by atoms with Gasteiger partial charge in [-0.15, -0.1) is 0 Å². The van der Waals surface area contributed by atoms with E-state index in [9.17, 15) is 14.7 Å². The Hall–Kier alpha value is -3.10. The van der Waals surface area contributed by atoms with E-state index in [0.717, 1.165) is 5.56 Å². The van der Waals surface area contributed by atoms with Crippen LogP contribution in [-0.4, -0.2) is 63.3 Å². The number of anilines is 1. The first-order valence-electron chi connectivity index (χ1n) is 9.49. The van der Waals surface area contributed by atoms with E-state index in [0.29, 0.717) is 34.9 Å². The maximum absolute atomic E-state index is 13.0. The average molecular weight is 414 g/mol. The van der Waals surface area contributed by atoms with Crippen LogP contribution in [0.4, 0.5) is 5.69 Å². The number of nitrogens with zero attached hydrogens (tertiary/aromatic N) is 2. The quantitative estimate of drug-likeness (QED) is 0.724. The van der Waals surface area contributed by atoms with Crippen molar-refractivity contribution in [1.82, 2.24) is 4.90 Å². The summed E-state index contributed by atoms with van der Waals surface area (Å²) in [6.07, 6.45) is -0.820. The van der Waals surface area contributed by atoms with E-state index in [1.165, 1.54) is 12.0 Å². The predicted octanol–water partition coefficient (Wildman–Crippen LogP) is 2.00. The van der Waals surface area contributed by atoms with Crippen LogP contribution in [0.5, 0.6) is 11.5 Å². The van der Waals surface area contributed by atoms with Gasteiger partial charge in [-0.2, -0.15) is 0 Å². The number of benzene rings is 2. The van der Waals surface area contributed by atoms with Gasteiger partial charge in [0, 0.05) is 31.3 Å². The van der Waals surface area contributed by atoms with E-state index in [1.807, 2.05) is 4.90 Å². The van der Waals surface area contributed by atoms with Crippen LogP contribution in [0.2, 0.25) is 0 Å². The van der Waals surface area contributed by atoms with Crippen LogP contribution in [0.3, 0.4) is 0 Å². The van der Waals surface area contributed by atoms with E-state index in [2.05, 4.69) is 0 Å². The Labute approximate surface area is 175 Å². The van der Waals surface area contributed by atoms with Gasteiger partial charge in [0.15, 0.2) is 0 Å². The van der Waals surface area contributed by atoms with Gasteiger partial charge in [0.2, 0.25) is 5.91 Å². The van der Waals surface area contributed by atoms with E-state index in [-0.39, 0.29) is 19.0 Å². The Morgan fingerprint density at radius 1 is 1.10 bits per heavy atom. The molecule has 30 heavy (non-hydrogen) atoms. The van der Waals surface area contributed by atoms with Gasteiger partial charge in [0.05, 0.1) is 45.2 Å². The molecule has 1 aliphatic heterocycles. The number of aliphatic hydroxyl groups excluding tert-OH is 1. The van der Waals surface area contributed by atoms with E-state index in [1.54, 1.807) is 57.7 Å². The summed E-state index contributed by atoms with van der Waals surface area (Å²) in [6, 6.07) is 10.3. The second kappa shape index (κ2) is 9.15. The lowest BCUT2D eigenvalue weighted by atomic mass is 9.95. The molecule has 0 spiro atoms. The third kappa shape index (κ3) is 4.10. The van der Waals surface area contributed by atoms with Gasteiger partial charge in [-0.3, -0.25) is 9.69 Å². The molecule has 1 atom stereocenters. The highest BCUT2D eigenvalue weighted by Gasteiger charge is 2.31. The third-order valence-corrected chi connectivity index (χ3v) is 5.26. The van der Waals surface area contributed by atoms with Crippen LogP contribution in [0.15, 0.2) is 36.4 Å². The predicted molar refractivity (Wildman–Crippen MR) is 111 cm³/mol. The largest absolute Gasteiger partial charge is 0.496 e. The van der Waals surface area contributed by atoms with Crippen LogP contribution < -0.4 is 14.4 Å². The monoisotopic (exact) mass is 414 g/mol. The standard InChI is InChI=1S/C22H26N2O6/c1-23(16-8-6-5-7-14(16)22(27)30-4)20(26)13-24-11-15-18(28-2)9-10-19(29-3)21(15)17(25)12-24/h5-10,17,25H,11-13H2,1-4H3/t17-/m1/s1. The second-order valence-electron chi connectivity index (χ2n) is 7.01. The maximum atomic E-state index is 13.0. The number of fused-ring (bicyclic) bond motifs is 1. The maximum Gasteiger partial charge on any atom is 0.339 e. The number of esters is 1. The molecule has 0 aromatic heterocycles. The number of carbonyl (C=O) groups is 2. The van der Waals surface area contributed by atoms with Crippen LogP contribution >= 0.6 is 0 Å². The minimum atomic E-state index is -0.820. The van der Waals surface area contributed by atoms with Gasteiger partial charge in [-0.1, -0.05) is 12.1 Å². The lowest BCUT2D eigenvalue weighted by molar-refractivity contribution is -0.120. The molecule has 2 aromatic carbocycles. The summed E-state index contributed by atoms with van der Waals surface area (Å²) in [5.74, 6) is 0.494. The Kier molecular flexibility index (Phi) is 6.59. The third-order valence-electron chi connectivity index (χ3n) is 5.26. The molecule has 2 aromatic rings. The topological polar surface area (TPSA) is 88.5 Å². The summed E-state index contributed by atoms with van der Waals surface area (Å²) in [7, 11) is 6.03. The fraction of sp³-hybridized carbons (Fsp3) is 0.364. The molecule has 1 heterocycles. The number of hydrogen-bond acceptors (Lipinski definition) is 7. The van der Waals surface area contributed by atoms with Gasteiger partial charge in [0.1, 0.15) is 11.5 Å². The van der Waals surface area contributed by atoms with Crippen molar-refractivity contribution in [2.45, 2.75) is 12.6 Å². The highest BCUT2D eigenvalue weighted by atomic mass is 16.5. The first-order valence-corrected chi connectivity index (χ1v) is 9.49. The van der Waals surface area contributed by atoms with E-state index in [4.69, 9.17) is 14.2 Å². The molecule has 1 aliphatic rings. The lowest BCUT2D eigenvalue weighted by Crippen LogP contribution is -2.42. The number of methoxy groups -OCH3 is 3. The number of para-hydroxylation sites is 1. The molecule has 3 rings (SSSR count). The molecule has 0 aliphatic carbocycles. The number of hydrogen-bond donors (Lipinski definition) is 1. The summed E-state index contributed by atoms with van der Waals surface area (Å²) in [5.41, 5.74) is 2.25. The SMILES string of the molecule is COC(=O)c1ccccc1N(C)C(=O)CN1Cc2c(OC)ccc(OC)c2[C@H](O)C1. The molecule has 0 unspecified atom stereocenters. The highest BCUT2D eigenvalue weighted by Crippen LogP contribution is 2.39. The van der Waals surface area contributed by atoms with Crippen LogP contribution in [0.1, 0.15) is 27.6 Å². The molecule has 0 saturated carbocycles. The van der Waals surface area contributed by atoms with Crippen molar-refractivity contribution in [3.05, 3.63) is 53.1 Å². The lowest BCUT2D eigenvalue weighted by Gasteiger charge is -2.34. The number of amides is 1. The molecule has 8 heteroatoms. The summed E-state index contributed by atoms with van der Waals surface area (Å²) in [4.78, 5) is 28.3. The van der Waals surface area contributed by atoms with Crippen molar-refractivity contribution in [3.63, 3.8) is 0 Å². The zero-order valence-corrected chi connectivity index (χ0v) is 17.5. The van der Waals surface area contributed by atoms with Gasteiger partial charge >= 0.3 is 5.97 Å². The number of aliphatic hydroxyl groups is 1. The number of carbonyl (C=O) groups excluding carboxylic acids is 2. The average Bonchev–Trinajstić information content (AvgIpc) is 2.77. The first-order chi connectivity index (χ1) is 14.4. The smallest absolute Gasteiger partial charge is 0.339 e. The minimum Gasteiger partial charge on any atom is -0.496 e. The normalized spacial score (nSPS) is 15.8. The van der Waals surface area contributed by atoms with Crippen molar-refractivity contribution >= 4 is 17.6 Å². The number of ether oxygens (including phenoxy) is 3. The molecule has 1 amide bonds. The molecule has 0 fully saturated rings. The number of rotatable bonds is 6. The summed E-state index contributed by atoms with van der Waals surface area (Å²) >= 11 is 0. The fourth-order valence-corrected chi connectivity index (χ4v) is 3.75. The molecular formula is C22H26N2O6. The van der Waals surface area contributed by atoms with Crippen LogP contribution in [0.25, 0.3) is 0 Å². The van der Waals surface area contributed by atoms with Crippen molar-refractivity contribution in [3.8, 4) is 11.5 Å². The summed E-state index contributed by atoms with van der Waals surface area (Å²) < 4.78 is 15.6. The van der Waals surface area contributed by atoms with E-state index >= 15 is 0 Å². The Balaban J connectivity index is 1.82.